The van der Waals surface area contributed by atoms with Crippen LogP contribution < -0.4 is 20.2 Å². The molecule has 1 heterocycles. The second-order valence-electron chi connectivity index (χ2n) is 6.85. The summed E-state index contributed by atoms with van der Waals surface area (Å²) in [4.78, 5) is 24.1. The van der Waals surface area contributed by atoms with Crippen LogP contribution in [0.1, 0.15) is 12.8 Å². The van der Waals surface area contributed by atoms with Crippen molar-refractivity contribution in [3.63, 3.8) is 0 Å². The van der Waals surface area contributed by atoms with E-state index in [1.165, 1.54) is 0 Å². The first kappa shape index (κ1) is 22.2. The first-order chi connectivity index (χ1) is 14.5. The topological polar surface area (TPSA) is 79.9 Å². The lowest BCUT2D eigenvalue weighted by molar-refractivity contribution is -0.129. The number of carbonyl (C=O) groups is 2. The molecule has 0 atom stereocenters. The van der Waals surface area contributed by atoms with Gasteiger partial charge in [0.1, 0.15) is 11.5 Å². The van der Waals surface area contributed by atoms with E-state index in [4.69, 9.17) is 32.7 Å². The van der Waals surface area contributed by atoms with Crippen molar-refractivity contribution in [1.29, 1.82) is 0 Å². The molecule has 0 aromatic heterocycles. The number of benzene rings is 2. The molecule has 1 fully saturated rings. The van der Waals surface area contributed by atoms with Crippen molar-refractivity contribution >= 4 is 35.0 Å². The van der Waals surface area contributed by atoms with Crippen molar-refractivity contribution in [3.8, 4) is 11.5 Å². The molecule has 0 bridgehead atoms. The number of carbonyl (C=O) groups excluding carboxylic acids is 2. The van der Waals surface area contributed by atoms with E-state index >= 15 is 0 Å². The number of ether oxygens (including phenoxy) is 2. The SMILES string of the molecule is O=C(COc1ccc(Cl)cc1)NC1CCN(NC(=O)COc2ccc(Cl)cc2)CC1. The zero-order valence-corrected chi connectivity index (χ0v) is 17.8. The largest absolute Gasteiger partial charge is 0.484 e. The first-order valence-corrected chi connectivity index (χ1v) is 10.3. The number of hydrogen-bond donors (Lipinski definition) is 2. The van der Waals surface area contributed by atoms with Gasteiger partial charge >= 0.3 is 0 Å². The Bertz CT molecular complexity index is 767. The maximum Gasteiger partial charge on any atom is 0.272 e. The van der Waals surface area contributed by atoms with Crippen LogP contribution in [0.4, 0.5) is 0 Å². The number of nitrogens with zero attached hydrogens (tertiary/aromatic N) is 1. The maximum absolute atomic E-state index is 12.1. The molecule has 2 aromatic rings. The summed E-state index contributed by atoms with van der Waals surface area (Å²) < 4.78 is 10.9. The lowest BCUT2D eigenvalue weighted by Gasteiger charge is -2.32. The summed E-state index contributed by atoms with van der Waals surface area (Å²) in [6.45, 7) is 1.13. The number of amides is 2. The molecule has 0 radical (unpaired) electrons. The molecule has 7 nitrogen and oxygen atoms in total. The highest BCUT2D eigenvalue weighted by atomic mass is 35.5. The highest BCUT2D eigenvalue weighted by molar-refractivity contribution is 6.30. The molecule has 0 saturated carbocycles. The molecule has 0 spiro atoms. The van der Waals surface area contributed by atoms with Gasteiger partial charge in [-0.25, -0.2) is 5.01 Å². The molecule has 9 heteroatoms. The molecular weight excluding hydrogens is 429 g/mol. The van der Waals surface area contributed by atoms with Crippen molar-refractivity contribution in [1.82, 2.24) is 15.8 Å². The van der Waals surface area contributed by atoms with E-state index in [0.29, 0.717) is 34.6 Å². The monoisotopic (exact) mass is 451 g/mol. The Morgan fingerprint density at radius 1 is 0.833 bits per heavy atom. The minimum absolute atomic E-state index is 0.0461. The van der Waals surface area contributed by atoms with E-state index < -0.39 is 0 Å². The van der Waals surface area contributed by atoms with Crippen LogP contribution in [-0.4, -0.2) is 49.2 Å². The second-order valence-corrected chi connectivity index (χ2v) is 7.72. The van der Waals surface area contributed by atoms with E-state index in [1.807, 2.05) is 5.01 Å². The van der Waals surface area contributed by atoms with Crippen LogP contribution in [0.2, 0.25) is 10.0 Å². The Balaban J connectivity index is 1.31. The fourth-order valence-corrected chi connectivity index (χ4v) is 3.22. The van der Waals surface area contributed by atoms with Gasteiger partial charge in [-0.3, -0.25) is 15.0 Å². The molecule has 2 aromatic carbocycles. The van der Waals surface area contributed by atoms with Gasteiger partial charge in [-0.1, -0.05) is 23.2 Å². The van der Waals surface area contributed by atoms with Gasteiger partial charge in [-0.05, 0) is 61.4 Å². The predicted octanol–water partition coefficient (Wildman–Crippen LogP) is 3.06. The normalized spacial score (nSPS) is 14.7. The Kier molecular flexibility index (Phi) is 8.19. The van der Waals surface area contributed by atoms with Crippen molar-refractivity contribution < 1.29 is 19.1 Å². The number of halogens is 2. The number of hydrogen-bond acceptors (Lipinski definition) is 5. The van der Waals surface area contributed by atoms with Gasteiger partial charge in [0.2, 0.25) is 0 Å². The fraction of sp³-hybridized carbons (Fsp3) is 0.333. The Morgan fingerprint density at radius 3 is 1.80 bits per heavy atom. The van der Waals surface area contributed by atoms with E-state index in [1.54, 1.807) is 48.5 Å². The van der Waals surface area contributed by atoms with Crippen molar-refractivity contribution in [3.05, 3.63) is 58.6 Å². The highest BCUT2D eigenvalue weighted by Gasteiger charge is 2.22. The van der Waals surface area contributed by atoms with Crippen LogP contribution >= 0.6 is 23.2 Å². The van der Waals surface area contributed by atoms with Gasteiger partial charge in [0.25, 0.3) is 11.8 Å². The number of hydrazine groups is 1. The standard InChI is InChI=1S/C21H23Cl2N3O4/c22-15-1-5-18(6-2-15)29-13-20(27)24-17-9-11-26(12-10-17)25-21(28)14-30-19-7-3-16(23)4-8-19/h1-8,17H,9-14H2,(H,24,27)(H,25,28). The Hall–Kier alpha value is -2.48. The smallest absolute Gasteiger partial charge is 0.272 e. The van der Waals surface area contributed by atoms with Crippen molar-refractivity contribution in [2.45, 2.75) is 18.9 Å². The third-order valence-corrected chi connectivity index (χ3v) is 5.01. The Labute approximate surface area is 185 Å². The number of piperidine rings is 1. The summed E-state index contributed by atoms with van der Waals surface area (Å²) in [5, 5.41) is 6.02. The van der Waals surface area contributed by atoms with E-state index in [0.717, 1.165) is 12.8 Å². The molecule has 2 amide bonds. The van der Waals surface area contributed by atoms with Crippen molar-refractivity contribution in [2.24, 2.45) is 0 Å². The van der Waals surface area contributed by atoms with Crippen LogP contribution in [0, 0.1) is 0 Å². The molecule has 0 unspecified atom stereocenters. The van der Waals surface area contributed by atoms with Gasteiger partial charge in [-0.15, -0.1) is 0 Å². The average Bonchev–Trinajstić information content (AvgIpc) is 2.74. The third-order valence-electron chi connectivity index (χ3n) is 4.51. The second kappa shape index (κ2) is 11.1. The van der Waals surface area contributed by atoms with Gasteiger partial charge in [0.05, 0.1) is 0 Å². The lowest BCUT2D eigenvalue weighted by atomic mass is 10.1. The number of rotatable bonds is 8. The molecular formula is C21H23Cl2N3O4. The summed E-state index contributed by atoms with van der Waals surface area (Å²) >= 11 is 11.6. The van der Waals surface area contributed by atoms with Crippen LogP contribution in [0.25, 0.3) is 0 Å². The summed E-state index contributed by atoms with van der Waals surface area (Å²) in [6, 6.07) is 13.7. The zero-order chi connectivity index (χ0) is 21.3. The fourth-order valence-electron chi connectivity index (χ4n) is 2.97. The van der Waals surface area contributed by atoms with Crippen LogP contribution in [0.3, 0.4) is 0 Å². The lowest BCUT2D eigenvalue weighted by Crippen LogP contribution is -2.52. The molecule has 2 N–H and O–H groups in total. The van der Waals surface area contributed by atoms with Gasteiger partial charge in [0, 0.05) is 29.2 Å². The van der Waals surface area contributed by atoms with Crippen LogP contribution in [-0.2, 0) is 9.59 Å². The zero-order valence-electron chi connectivity index (χ0n) is 16.3. The Morgan fingerprint density at radius 2 is 1.30 bits per heavy atom. The average molecular weight is 452 g/mol. The van der Waals surface area contributed by atoms with Gasteiger partial charge < -0.3 is 14.8 Å². The molecule has 3 rings (SSSR count). The minimum atomic E-state index is -0.233. The molecule has 1 aliphatic rings. The predicted molar refractivity (Wildman–Crippen MR) is 115 cm³/mol. The maximum atomic E-state index is 12.1. The summed E-state index contributed by atoms with van der Waals surface area (Å²) in [5.41, 5.74) is 2.82. The van der Waals surface area contributed by atoms with Crippen LogP contribution in [0.5, 0.6) is 11.5 Å². The summed E-state index contributed by atoms with van der Waals surface area (Å²) in [7, 11) is 0. The van der Waals surface area contributed by atoms with Gasteiger partial charge in [0.15, 0.2) is 13.2 Å². The molecule has 1 saturated heterocycles. The van der Waals surface area contributed by atoms with Crippen molar-refractivity contribution in [2.75, 3.05) is 26.3 Å². The van der Waals surface area contributed by atoms with E-state index in [-0.39, 0.29) is 31.1 Å². The van der Waals surface area contributed by atoms with E-state index in [2.05, 4.69) is 10.7 Å². The molecule has 0 aliphatic carbocycles. The molecule has 1 aliphatic heterocycles. The summed E-state index contributed by atoms with van der Waals surface area (Å²) in [6.07, 6.45) is 1.45. The first-order valence-electron chi connectivity index (χ1n) is 9.58. The molecule has 160 valence electrons. The quantitative estimate of drug-likeness (QED) is 0.644. The minimum Gasteiger partial charge on any atom is -0.484 e. The highest BCUT2D eigenvalue weighted by Crippen LogP contribution is 2.16. The van der Waals surface area contributed by atoms with Gasteiger partial charge in [-0.2, -0.15) is 0 Å². The summed E-state index contributed by atoms with van der Waals surface area (Å²) in [5.74, 6) is 0.761. The van der Waals surface area contributed by atoms with E-state index in [9.17, 15) is 9.59 Å². The number of nitrogens with one attached hydrogen (secondary N) is 2. The molecule has 30 heavy (non-hydrogen) atoms. The van der Waals surface area contributed by atoms with Crippen LogP contribution in [0.15, 0.2) is 48.5 Å². The third kappa shape index (κ3) is 7.40.